The third kappa shape index (κ3) is 2.59. The maximum Gasteiger partial charge on any atom is 0.355 e. The molecular weight excluding hydrogens is 244 g/mol. The van der Waals surface area contributed by atoms with Gasteiger partial charge in [0.15, 0.2) is 16.6 Å². The smallest absolute Gasteiger partial charge is 0.355 e. The van der Waals surface area contributed by atoms with E-state index in [1.165, 1.54) is 11.3 Å². The molecule has 90 valence electrons. The Balaban J connectivity index is 2.04. The fourth-order valence-electron chi connectivity index (χ4n) is 1.23. The van der Waals surface area contributed by atoms with Crippen LogP contribution in [0.4, 0.5) is 5.13 Å². The Bertz CT molecular complexity index is 548. The molecule has 0 atom stereocenters. The summed E-state index contributed by atoms with van der Waals surface area (Å²) in [7, 11) is 0. The SMILES string of the molecule is Cc1noc(CNc2nc(C(=O)O)c(C)s2)n1. The van der Waals surface area contributed by atoms with Crippen LogP contribution < -0.4 is 5.32 Å². The Hall–Kier alpha value is -1.96. The van der Waals surface area contributed by atoms with Crippen LogP contribution in [0.5, 0.6) is 0 Å². The number of hydrogen-bond acceptors (Lipinski definition) is 7. The number of rotatable bonds is 4. The first kappa shape index (κ1) is 11.5. The van der Waals surface area contributed by atoms with Gasteiger partial charge in [-0.15, -0.1) is 11.3 Å². The van der Waals surface area contributed by atoms with Crippen molar-refractivity contribution in [3.8, 4) is 0 Å². The van der Waals surface area contributed by atoms with Gasteiger partial charge in [0, 0.05) is 4.88 Å². The van der Waals surface area contributed by atoms with Crippen molar-refractivity contribution in [1.29, 1.82) is 0 Å². The summed E-state index contributed by atoms with van der Waals surface area (Å²) in [6, 6.07) is 0. The third-order valence-corrected chi connectivity index (χ3v) is 2.89. The summed E-state index contributed by atoms with van der Waals surface area (Å²) in [5.74, 6) is -0.0315. The standard InChI is InChI=1S/C9H10N4O3S/c1-4-7(8(14)15)12-9(17-4)10-3-6-11-5(2)13-16-6/h3H2,1-2H3,(H,10,12)(H,14,15). The van der Waals surface area contributed by atoms with E-state index in [1.807, 2.05) is 0 Å². The molecule has 8 heteroatoms. The quantitative estimate of drug-likeness (QED) is 0.851. The van der Waals surface area contributed by atoms with E-state index in [2.05, 4.69) is 20.4 Å². The molecule has 0 radical (unpaired) electrons. The molecule has 2 aromatic rings. The molecule has 17 heavy (non-hydrogen) atoms. The molecule has 0 aliphatic heterocycles. The highest BCUT2D eigenvalue weighted by atomic mass is 32.1. The van der Waals surface area contributed by atoms with Crippen molar-refractivity contribution < 1.29 is 14.4 Å². The van der Waals surface area contributed by atoms with E-state index in [0.29, 0.717) is 28.3 Å². The average molecular weight is 254 g/mol. The molecule has 0 unspecified atom stereocenters. The minimum absolute atomic E-state index is 0.0687. The summed E-state index contributed by atoms with van der Waals surface area (Å²) in [4.78, 5) is 19.4. The summed E-state index contributed by atoms with van der Waals surface area (Å²) in [5, 5.41) is 15.9. The first-order valence-electron chi connectivity index (χ1n) is 4.80. The van der Waals surface area contributed by atoms with Crippen molar-refractivity contribution in [2.24, 2.45) is 0 Å². The summed E-state index contributed by atoms with van der Waals surface area (Å²) >= 11 is 1.28. The van der Waals surface area contributed by atoms with Crippen molar-refractivity contribution in [1.82, 2.24) is 15.1 Å². The van der Waals surface area contributed by atoms with Crippen molar-refractivity contribution in [2.45, 2.75) is 20.4 Å². The van der Waals surface area contributed by atoms with E-state index in [4.69, 9.17) is 9.63 Å². The lowest BCUT2D eigenvalue weighted by molar-refractivity contribution is 0.0690. The number of aromatic nitrogens is 3. The Labute approximate surface area is 100 Å². The number of hydrogen-bond donors (Lipinski definition) is 2. The second kappa shape index (κ2) is 4.50. The van der Waals surface area contributed by atoms with Crippen LogP contribution in [0.25, 0.3) is 0 Å². The largest absolute Gasteiger partial charge is 0.476 e. The average Bonchev–Trinajstić information content (AvgIpc) is 2.82. The van der Waals surface area contributed by atoms with Gasteiger partial charge in [0.1, 0.15) is 0 Å². The second-order valence-corrected chi connectivity index (χ2v) is 4.52. The van der Waals surface area contributed by atoms with Crippen LogP contribution in [0.1, 0.15) is 27.1 Å². The lowest BCUT2D eigenvalue weighted by Crippen LogP contribution is -2.02. The molecular formula is C9H10N4O3S. The molecule has 2 heterocycles. The Morgan fingerprint density at radius 3 is 2.76 bits per heavy atom. The fraction of sp³-hybridized carbons (Fsp3) is 0.333. The summed E-state index contributed by atoms with van der Waals surface area (Å²) in [6.07, 6.45) is 0. The van der Waals surface area contributed by atoms with E-state index in [0.717, 1.165) is 0 Å². The molecule has 0 saturated heterocycles. The zero-order valence-corrected chi connectivity index (χ0v) is 10.0. The van der Waals surface area contributed by atoms with Gasteiger partial charge >= 0.3 is 5.97 Å². The van der Waals surface area contributed by atoms with Gasteiger partial charge in [-0.2, -0.15) is 4.98 Å². The minimum atomic E-state index is -1.03. The topological polar surface area (TPSA) is 101 Å². The number of carbonyl (C=O) groups is 1. The molecule has 0 saturated carbocycles. The van der Waals surface area contributed by atoms with Gasteiger partial charge in [0.2, 0.25) is 5.89 Å². The van der Waals surface area contributed by atoms with Crippen LogP contribution >= 0.6 is 11.3 Å². The predicted molar refractivity (Wildman–Crippen MR) is 60.2 cm³/mol. The molecule has 0 spiro atoms. The molecule has 0 amide bonds. The van der Waals surface area contributed by atoms with Crippen LogP contribution in [0.2, 0.25) is 0 Å². The van der Waals surface area contributed by atoms with Crippen LogP contribution in [0, 0.1) is 13.8 Å². The minimum Gasteiger partial charge on any atom is -0.476 e. The molecule has 0 aliphatic rings. The highest BCUT2D eigenvalue weighted by molar-refractivity contribution is 7.15. The molecule has 2 aromatic heterocycles. The van der Waals surface area contributed by atoms with Gasteiger partial charge in [-0.25, -0.2) is 9.78 Å². The number of carboxylic acid groups (broad SMARTS) is 1. The fourth-order valence-corrected chi connectivity index (χ4v) is 2.03. The van der Waals surface area contributed by atoms with E-state index in [9.17, 15) is 4.79 Å². The van der Waals surface area contributed by atoms with E-state index >= 15 is 0 Å². The Kier molecular flexibility index (Phi) is 3.05. The van der Waals surface area contributed by atoms with Gasteiger partial charge < -0.3 is 14.9 Å². The van der Waals surface area contributed by atoms with Crippen LogP contribution in [-0.4, -0.2) is 26.2 Å². The molecule has 2 N–H and O–H groups in total. The summed E-state index contributed by atoms with van der Waals surface area (Å²) in [6.45, 7) is 3.76. The highest BCUT2D eigenvalue weighted by Crippen LogP contribution is 2.22. The zero-order chi connectivity index (χ0) is 12.4. The maximum absolute atomic E-state index is 10.8. The maximum atomic E-state index is 10.8. The zero-order valence-electron chi connectivity index (χ0n) is 9.22. The van der Waals surface area contributed by atoms with E-state index in [1.54, 1.807) is 13.8 Å². The van der Waals surface area contributed by atoms with Crippen molar-refractivity contribution >= 4 is 22.4 Å². The molecule has 0 aliphatic carbocycles. The molecule has 0 fully saturated rings. The monoisotopic (exact) mass is 254 g/mol. The van der Waals surface area contributed by atoms with Gasteiger partial charge in [0.05, 0.1) is 6.54 Å². The van der Waals surface area contributed by atoms with E-state index in [-0.39, 0.29) is 5.69 Å². The van der Waals surface area contributed by atoms with Crippen molar-refractivity contribution in [2.75, 3.05) is 5.32 Å². The lowest BCUT2D eigenvalue weighted by Gasteiger charge is -1.95. The van der Waals surface area contributed by atoms with Crippen molar-refractivity contribution in [3.63, 3.8) is 0 Å². The molecule has 2 rings (SSSR count). The van der Waals surface area contributed by atoms with Gasteiger partial charge in [0.25, 0.3) is 0 Å². The van der Waals surface area contributed by atoms with Gasteiger partial charge in [-0.05, 0) is 13.8 Å². The van der Waals surface area contributed by atoms with Crippen LogP contribution in [-0.2, 0) is 6.54 Å². The molecule has 0 bridgehead atoms. The van der Waals surface area contributed by atoms with Crippen LogP contribution in [0.15, 0.2) is 4.52 Å². The molecule has 0 aromatic carbocycles. The van der Waals surface area contributed by atoms with Gasteiger partial charge in [-0.1, -0.05) is 5.16 Å². The first-order valence-corrected chi connectivity index (χ1v) is 5.61. The first-order chi connectivity index (χ1) is 8.06. The lowest BCUT2D eigenvalue weighted by atomic mass is 10.4. The Morgan fingerprint density at radius 1 is 1.47 bits per heavy atom. The number of aryl methyl sites for hydroxylation is 2. The Morgan fingerprint density at radius 2 is 2.24 bits per heavy atom. The number of nitrogens with zero attached hydrogens (tertiary/aromatic N) is 3. The third-order valence-electron chi connectivity index (χ3n) is 1.96. The number of carboxylic acids is 1. The van der Waals surface area contributed by atoms with Crippen molar-refractivity contribution in [3.05, 3.63) is 22.3 Å². The predicted octanol–water partition coefficient (Wildman–Crippen LogP) is 1.45. The second-order valence-electron chi connectivity index (χ2n) is 3.32. The number of thiazole rings is 1. The van der Waals surface area contributed by atoms with Gasteiger partial charge in [-0.3, -0.25) is 0 Å². The summed E-state index contributed by atoms with van der Waals surface area (Å²) < 4.78 is 4.91. The normalized spacial score (nSPS) is 10.5. The highest BCUT2D eigenvalue weighted by Gasteiger charge is 2.14. The number of nitrogens with one attached hydrogen (secondary N) is 1. The summed E-state index contributed by atoms with van der Waals surface area (Å²) in [5.41, 5.74) is 0.0687. The van der Waals surface area contributed by atoms with E-state index < -0.39 is 5.97 Å². The van der Waals surface area contributed by atoms with Crippen LogP contribution in [0.3, 0.4) is 0 Å². The molecule has 7 nitrogen and oxygen atoms in total. The number of anilines is 1. The number of aromatic carboxylic acids is 1.